The molecule has 1 rings (SSSR count). The summed E-state index contributed by atoms with van der Waals surface area (Å²) in [4.78, 5) is 10.2. The molecule has 1 atom stereocenters. The first-order valence-corrected chi connectivity index (χ1v) is 5.49. The van der Waals surface area contributed by atoms with E-state index >= 15 is 0 Å². The van der Waals surface area contributed by atoms with Gasteiger partial charge in [-0.15, -0.1) is 0 Å². The van der Waals surface area contributed by atoms with E-state index in [-0.39, 0.29) is 5.97 Å². The van der Waals surface area contributed by atoms with E-state index < -0.39 is 6.04 Å². The summed E-state index contributed by atoms with van der Waals surface area (Å²) in [6.07, 6.45) is 2.45. The van der Waals surface area contributed by atoms with Gasteiger partial charge in [-0.3, -0.25) is 4.79 Å². The zero-order valence-corrected chi connectivity index (χ0v) is 10.3. The third-order valence-corrected chi connectivity index (χ3v) is 1.95. The van der Waals surface area contributed by atoms with Gasteiger partial charge in [-0.2, -0.15) is 0 Å². The van der Waals surface area contributed by atoms with Crippen LogP contribution in [0, 0.1) is 0 Å². The lowest BCUT2D eigenvalue weighted by molar-refractivity contribution is -0.141. The molecule has 1 unspecified atom stereocenters. The van der Waals surface area contributed by atoms with Crippen molar-refractivity contribution in [2.24, 2.45) is 5.73 Å². The summed E-state index contributed by atoms with van der Waals surface area (Å²) < 4.78 is 4.25. The molecule has 90 valence electrons. The van der Waals surface area contributed by atoms with Crippen LogP contribution in [0.25, 0.3) is 0 Å². The van der Waals surface area contributed by atoms with Gasteiger partial charge in [0.2, 0.25) is 0 Å². The highest BCUT2D eigenvalue weighted by atomic mass is 16.5. The second kappa shape index (κ2) is 8.92. The Morgan fingerprint density at radius 2 is 1.94 bits per heavy atom. The number of benzene rings is 1. The molecule has 0 amide bonds. The van der Waals surface area contributed by atoms with Crippen LogP contribution in [0.5, 0.6) is 0 Å². The van der Waals surface area contributed by atoms with Crippen molar-refractivity contribution in [3.05, 3.63) is 35.9 Å². The lowest BCUT2D eigenvalue weighted by atomic mass is 10.1. The molecular formula is C13H21NO2. The molecule has 0 radical (unpaired) electrons. The molecular weight excluding hydrogens is 202 g/mol. The summed E-state index contributed by atoms with van der Waals surface area (Å²) in [5.41, 5.74) is 6.52. The minimum atomic E-state index is -0.495. The lowest BCUT2D eigenvalue weighted by Gasteiger charge is -1.98. The first-order chi connectivity index (χ1) is 7.61. The van der Waals surface area contributed by atoms with Crippen molar-refractivity contribution >= 4 is 5.97 Å². The molecule has 0 heterocycles. The molecule has 0 bridgehead atoms. The van der Waals surface area contributed by atoms with Crippen molar-refractivity contribution in [1.29, 1.82) is 0 Å². The van der Waals surface area contributed by atoms with Gasteiger partial charge in [0, 0.05) is 0 Å². The third kappa shape index (κ3) is 7.01. The third-order valence-electron chi connectivity index (χ3n) is 1.95. The first-order valence-electron chi connectivity index (χ1n) is 5.49. The number of methoxy groups -OCH3 is 1. The highest BCUT2D eigenvalue weighted by molar-refractivity contribution is 5.74. The molecule has 0 aromatic heterocycles. The Bertz CT molecular complexity index is 283. The number of hydrogen-bond acceptors (Lipinski definition) is 3. The van der Waals surface area contributed by atoms with E-state index in [4.69, 9.17) is 5.73 Å². The molecule has 0 saturated carbocycles. The molecule has 1 aromatic carbocycles. The van der Waals surface area contributed by atoms with Crippen molar-refractivity contribution < 1.29 is 9.53 Å². The van der Waals surface area contributed by atoms with Crippen LogP contribution in [0.3, 0.4) is 0 Å². The largest absolute Gasteiger partial charge is 0.468 e. The van der Waals surface area contributed by atoms with Gasteiger partial charge in [0.1, 0.15) is 6.04 Å². The number of ether oxygens (including phenoxy) is 1. The number of carbonyl (C=O) groups is 1. The molecule has 0 saturated heterocycles. The van der Waals surface area contributed by atoms with Crippen molar-refractivity contribution in [1.82, 2.24) is 0 Å². The van der Waals surface area contributed by atoms with Crippen molar-refractivity contribution in [2.45, 2.75) is 32.7 Å². The number of aryl methyl sites for hydroxylation is 1. The van der Waals surface area contributed by atoms with Crippen molar-refractivity contribution in [3.63, 3.8) is 0 Å². The minimum Gasteiger partial charge on any atom is -0.468 e. The van der Waals surface area contributed by atoms with E-state index in [1.165, 1.54) is 25.5 Å². The maximum absolute atomic E-state index is 10.2. The van der Waals surface area contributed by atoms with Gasteiger partial charge < -0.3 is 10.5 Å². The van der Waals surface area contributed by atoms with E-state index in [0.717, 1.165) is 0 Å². The van der Waals surface area contributed by atoms with E-state index in [1.807, 2.05) is 0 Å². The maximum atomic E-state index is 10.2. The summed E-state index contributed by atoms with van der Waals surface area (Å²) in [6.45, 7) is 3.78. The van der Waals surface area contributed by atoms with Gasteiger partial charge in [-0.1, -0.05) is 43.7 Å². The quantitative estimate of drug-likeness (QED) is 0.799. The fourth-order valence-corrected chi connectivity index (χ4v) is 1.12. The van der Waals surface area contributed by atoms with Crippen LogP contribution in [-0.4, -0.2) is 19.1 Å². The number of esters is 1. The maximum Gasteiger partial charge on any atom is 0.322 e. The molecule has 0 aliphatic carbocycles. The molecule has 3 heteroatoms. The van der Waals surface area contributed by atoms with Gasteiger partial charge in [-0.25, -0.2) is 0 Å². The fraction of sp³-hybridized carbons (Fsp3) is 0.462. The molecule has 0 fully saturated rings. The van der Waals surface area contributed by atoms with Crippen LogP contribution >= 0.6 is 0 Å². The number of hydrogen-bond donors (Lipinski definition) is 1. The summed E-state index contributed by atoms with van der Waals surface area (Å²) in [6, 6.07) is 10.1. The van der Waals surface area contributed by atoms with E-state index in [9.17, 15) is 4.79 Å². The zero-order valence-electron chi connectivity index (χ0n) is 10.3. The van der Waals surface area contributed by atoms with Crippen LogP contribution in [0.2, 0.25) is 0 Å². The number of rotatable bonds is 3. The van der Waals surface area contributed by atoms with E-state index in [0.29, 0.717) is 0 Å². The summed E-state index contributed by atoms with van der Waals surface area (Å²) in [5, 5.41) is 0. The van der Waals surface area contributed by atoms with Gasteiger partial charge in [0.05, 0.1) is 7.11 Å². The van der Waals surface area contributed by atoms with Crippen LogP contribution in [0.4, 0.5) is 0 Å². The molecule has 16 heavy (non-hydrogen) atoms. The number of carbonyl (C=O) groups excluding carboxylic acids is 1. The highest BCUT2D eigenvalue weighted by Gasteiger charge is 2.03. The fourth-order valence-electron chi connectivity index (χ4n) is 1.12. The van der Waals surface area contributed by atoms with Crippen molar-refractivity contribution in [2.75, 3.05) is 7.11 Å². The second-order valence-electron chi connectivity index (χ2n) is 3.55. The standard InChI is InChI=1S/C9H12.C4H9NO2/c1-2-6-9-7-4-3-5-8-9;1-3(5)4(6)7-2/h3-5,7-8H,2,6H2,1H3;3H,5H2,1-2H3. The molecule has 2 N–H and O–H groups in total. The van der Waals surface area contributed by atoms with E-state index in [1.54, 1.807) is 6.92 Å². The second-order valence-corrected chi connectivity index (χ2v) is 3.55. The van der Waals surface area contributed by atoms with Crippen LogP contribution in [-0.2, 0) is 16.0 Å². The molecule has 0 aliphatic rings. The number of nitrogens with two attached hydrogens (primary N) is 1. The highest BCUT2D eigenvalue weighted by Crippen LogP contribution is 2.00. The smallest absolute Gasteiger partial charge is 0.322 e. The SMILES string of the molecule is CCCc1ccccc1.COC(=O)C(C)N. The molecule has 0 aliphatic heterocycles. The average Bonchev–Trinajstić information content (AvgIpc) is 2.30. The van der Waals surface area contributed by atoms with Gasteiger partial charge >= 0.3 is 5.97 Å². The normalized spacial score (nSPS) is 11.0. The molecule has 3 nitrogen and oxygen atoms in total. The monoisotopic (exact) mass is 223 g/mol. The van der Waals surface area contributed by atoms with E-state index in [2.05, 4.69) is 42.0 Å². The Kier molecular flexibility index (Phi) is 8.17. The Balaban J connectivity index is 0.000000293. The van der Waals surface area contributed by atoms with Crippen molar-refractivity contribution in [3.8, 4) is 0 Å². The topological polar surface area (TPSA) is 52.3 Å². The predicted octanol–water partition coefficient (Wildman–Crippen LogP) is 2.15. The van der Waals surface area contributed by atoms with Crippen LogP contribution in [0.1, 0.15) is 25.8 Å². The first kappa shape index (κ1) is 14.6. The molecule has 1 aromatic rings. The predicted molar refractivity (Wildman–Crippen MR) is 66.1 cm³/mol. The zero-order chi connectivity index (χ0) is 12.4. The summed E-state index contributed by atoms with van der Waals surface area (Å²) in [5.74, 6) is -0.375. The van der Waals surface area contributed by atoms with Gasteiger partial charge in [-0.05, 0) is 18.9 Å². The van der Waals surface area contributed by atoms with Crippen LogP contribution < -0.4 is 5.73 Å². The Labute approximate surface area is 97.6 Å². The average molecular weight is 223 g/mol. The summed E-state index contributed by atoms with van der Waals surface area (Å²) >= 11 is 0. The van der Waals surface area contributed by atoms with Gasteiger partial charge in [0.15, 0.2) is 0 Å². The minimum absolute atomic E-state index is 0.375. The summed E-state index contributed by atoms with van der Waals surface area (Å²) in [7, 11) is 1.31. The lowest BCUT2D eigenvalue weighted by Crippen LogP contribution is -2.27. The Morgan fingerprint density at radius 1 is 1.38 bits per heavy atom. The van der Waals surface area contributed by atoms with Crippen LogP contribution in [0.15, 0.2) is 30.3 Å². The Hall–Kier alpha value is -1.35. The van der Waals surface area contributed by atoms with Gasteiger partial charge in [0.25, 0.3) is 0 Å². The Morgan fingerprint density at radius 3 is 2.25 bits per heavy atom. The molecule has 0 spiro atoms.